The number of nitrogens with zero attached hydrogens (tertiary/aromatic N) is 1. The molecule has 1 fully saturated rings. The molecule has 3 amide bonds. The van der Waals surface area contributed by atoms with Crippen LogP contribution >= 0.6 is 0 Å². The van der Waals surface area contributed by atoms with Crippen molar-refractivity contribution in [2.24, 2.45) is 0 Å². The van der Waals surface area contributed by atoms with Gasteiger partial charge in [0.15, 0.2) is 0 Å². The van der Waals surface area contributed by atoms with Crippen LogP contribution in [-0.2, 0) is 14.4 Å². The molecule has 6 nitrogen and oxygen atoms in total. The average Bonchev–Trinajstić information content (AvgIpc) is 2.97. The molecular formula is C21H18N2O4. The fourth-order valence-corrected chi connectivity index (χ4v) is 3.53. The predicted molar refractivity (Wildman–Crippen MR) is 101 cm³/mol. The quantitative estimate of drug-likeness (QED) is 0.567. The van der Waals surface area contributed by atoms with Gasteiger partial charge in [0.2, 0.25) is 0 Å². The van der Waals surface area contributed by atoms with E-state index >= 15 is 0 Å². The van der Waals surface area contributed by atoms with Crippen LogP contribution in [0, 0.1) is 0 Å². The van der Waals surface area contributed by atoms with E-state index in [0.29, 0.717) is 5.06 Å². The Morgan fingerprint density at radius 1 is 0.963 bits per heavy atom. The molecule has 3 aromatic carbocycles. The number of amides is 3. The molecule has 4 rings (SSSR count). The van der Waals surface area contributed by atoms with Crippen LogP contribution in [0.25, 0.3) is 21.5 Å². The van der Waals surface area contributed by atoms with Crippen LogP contribution in [0.15, 0.2) is 54.6 Å². The summed E-state index contributed by atoms with van der Waals surface area (Å²) in [5.74, 6) is -1.00. The van der Waals surface area contributed by atoms with Gasteiger partial charge in [0.25, 0.3) is 11.8 Å². The lowest BCUT2D eigenvalue weighted by Crippen LogP contribution is -2.38. The Bertz CT molecular complexity index is 1010. The Kier molecular flexibility index (Phi) is 4.24. The molecule has 1 N–H and O–H groups in total. The highest BCUT2D eigenvalue weighted by Crippen LogP contribution is 2.32. The summed E-state index contributed by atoms with van der Waals surface area (Å²) in [6.45, 7) is 1.85. The van der Waals surface area contributed by atoms with Gasteiger partial charge in [-0.1, -0.05) is 48.5 Å². The number of carbonyl (C=O) groups is 3. The van der Waals surface area contributed by atoms with Crippen molar-refractivity contribution < 1.29 is 19.2 Å². The van der Waals surface area contributed by atoms with Crippen molar-refractivity contribution in [3.63, 3.8) is 0 Å². The van der Waals surface area contributed by atoms with E-state index in [4.69, 9.17) is 4.84 Å². The molecule has 1 atom stereocenters. The molecule has 1 aliphatic rings. The van der Waals surface area contributed by atoms with E-state index in [1.165, 1.54) is 0 Å². The Morgan fingerprint density at radius 2 is 1.48 bits per heavy atom. The first-order valence-electron chi connectivity index (χ1n) is 8.79. The number of imide groups is 1. The van der Waals surface area contributed by atoms with Gasteiger partial charge in [0.1, 0.15) is 0 Å². The maximum absolute atomic E-state index is 12.3. The van der Waals surface area contributed by atoms with E-state index in [-0.39, 0.29) is 18.9 Å². The summed E-state index contributed by atoms with van der Waals surface area (Å²) in [4.78, 5) is 40.5. The highest BCUT2D eigenvalue weighted by molar-refractivity contribution is 6.03. The minimum absolute atomic E-state index is 0.0651. The molecule has 1 saturated heterocycles. The van der Waals surface area contributed by atoms with E-state index in [9.17, 15) is 14.4 Å². The maximum Gasteiger partial charge on any atom is 0.432 e. The number of hydrogen-bond donors (Lipinski definition) is 1. The molecule has 136 valence electrons. The van der Waals surface area contributed by atoms with Gasteiger partial charge in [-0.25, -0.2) is 4.79 Å². The second-order valence-electron chi connectivity index (χ2n) is 6.56. The number of hydrogen-bond acceptors (Lipinski definition) is 4. The van der Waals surface area contributed by atoms with Crippen LogP contribution in [0.3, 0.4) is 0 Å². The van der Waals surface area contributed by atoms with Crippen molar-refractivity contribution in [2.75, 3.05) is 0 Å². The monoisotopic (exact) mass is 362 g/mol. The van der Waals surface area contributed by atoms with Gasteiger partial charge >= 0.3 is 6.09 Å². The third kappa shape index (κ3) is 3.10. The summed E-state index contributed by atoms with van der Waals surface area (Å²) in [5.41, 5.74) is 0.958. The zero-order valence-corrected chi connectivity index (χ0v) is 14.8. The number of carbonyl (C=O) groups excluding carboxylic acids is 3. The summed E-state index contributed by atoms with van der Waals surface area (Å²) in [6.07, 6.45) is -0.700. The first-order chi connectivity index (χ1) is 13.0. The second-order valence-corrected chi connectivity index (χ2v) is 6.56. The number of rotatable bonds is 3. The molecule has 0 unspecified atom stereocenters. The number of fused-ring (bicyclic) bond motifs is 2. The second kappa shape index (κ2) is 6.72. The fourth-order valence-electron chi connectivity index (χ4n) is 3.53. The van der Waals surface area contributed by atoms with E-state index in [1.54, 1.807) is 0 Å². The third-order valence-corrected chi connectivity index (χ3v) is 4.76. The Balaban J connectivity index is 1.67. The summed E-state index contributed by atoms with van der Waals surface area (Å²) in [7, 11) is 0. The van der Waals surface area contributed by atoms with Gasteiger partial charge in [-0.3, -0.25) is 9.59 Å². The average molecular weight is 362 g/mol. The lowest BCUT2D eigenvalue weighted by atomic mass is 9.93. The molecule has 0 bridgehead atoms. The normalized spacial score (nSPS) is 15.4. The predicted octanol–water partition coefficient (Wildman–Crippen LogP) is 3.84. The summed E-state index contributed by atoms with van der Waals surface area (Å²) >= 11 is 0. The van der Waals surface area contributed by atoms with Gasteiger partial charge in [-0.15, -0.1) is 5.06 Å². The molecule has 0 saturated carbocycles. The van der Waals surface area contributed by atoms with Crippen LogP contribution < -0.4 is 5.32 Å². The summed E-state index contributed by atoms with van der Waals surface area (Å²) in [6, 6.07) is 17.6. The van der Waals surface area contributed by atoms with Crippen LogP contribution in [-0.4, -0.2) is 23.0 Å². The van der Waals surface area contributed by atoms with Gasteiger partial charge in [0.05, 0.1) is 6.04 Å². The minimum Gasteiger partial charge on any atom is -0.313 e. The number of benzene rings is 3. The smallest absolute Gasteiger partial charge is 0.313 e. The molecule has 6 heteroatoms. The van der Waals surface area contributed by atoms with Crippen LogP contribution in [0.5, 0.6) is 0 Å². The van der Waals surface area contributed by atoms with Gasteiger partial charge in [-0.05, 0) is 40.1 Å². The van der Waals surface area contributed by atoms with Gasteiger partial charge in [-0.2, -0.15) is 0 Å². The summed E-state index contributed by atoms with van der Waals surface area (Å²) in [5, 5.41) is 7.47. The van der Waals surface area contributed by atoms with Crippen molar-refractivity contribution in [2.45, 2.75) is 25.8 Å². The Labute approximate surface area is 155 Å². The SMILES string of the molecule is C[C@@H](NC(=O)ON1C(=O)CCC1=O)c1c2ccccc2cc2ccccc12. The zero-order chi connectivity index (χ0) is 19.0. The van der Waals surface area contributed by atoms with Crippen LogP contribution in [0.1, 0.15) is 31.4 Å². The molecule has 1 heterocycles. The Morgan fingerprint density at radius 3 is 2.04 bits per heavy atom. The minimum atomic E-state index is -0.830. The van der Waals surface area contributed by atoms with Crippen molar-refractivity contribution in [1.82, 2.24) is 10.4 Å². The van der Waals surface area contributed by atoms with Crippen LogP contribution in [0.4, 0.5) is 4.79 Å². The highest BCUT2D eigenvalue weighted by Gasteiger charge is 2.33. The number of hydroxylamine groups is 2. The first-order valence-corrected chi connectivity index (χ1v) is 8.79. The van der Waals surface area contributed by atoms with E-state index in [0.717, 1.165) is 27.1 Å². The maximum atomic E-state index is 12.3. The third-order valence-electron chi connectivity index (χ3n) is 4.76. The fraction of sp³-hybridized carbons (Fsp3) is 0.190. The molecule has 27 heavy (non-hydrogen) atoms. The van der Waals surface area contributed by atoms with Crippen molar-refractivity contribution in [3.8, 4) is 0 Å². The standard InChI is InChI=1S/C21H18N2O4/c1-13(22-21(26)27-23-18(24)10-11-19(23)25)20-16-8-4-2-6-14(16)12-15-7-3-5-9-17(15)20/h2-9,12-13H,10-11H2,1H3,(H,22,26)/t13-/m1/s1. The topological polar surface area (TPSA) is 75.7 Å². The molecule has 0 radical (unpaired) electrons. The van der Waals surface area contributed by atoms with Crippen LogP contribution in [0.2, 0.25) is 0 Å². The molecule has 0 spiro atoms. The molecule has 3 aromatic rings. The largest absolute Gasteiger partial charge is 0.432 e. The molecule has 1 aliphatic heterocycles. The molecular weight excluding hydrogens is 344 g/mol. The zero-order valence-electron chi connectivity index (χ0n) is 14.8. The van der Waals surface area contributed by atoms with Crippen molar-refractivity contribution >= 4 is 39.5 Å². The van der Waals surface area contributed by atoms with E-state index in [2.05, 4.69) is 11.4 Å². The van der Waals surface area contributed by atoms with Crippen molar-refractivity contribution in [3.05, 3.63) is 60.2 Å². The van der Waals surface area contributed by atoms with E-state index in [1.807, 2.05) is 55.5 Å². The van der Waals surface area contributed by atoms with Crippen molar-refractivity contribution in [1.29, 1.82) is 0 Å². The van der Waals surface area contributed by atoms with Gasteiger partial charge in [0, 0.05) is 12.8 Å². The lowest BCUT2D eigenvalue weighted by molar-refractivity contribution is -0.171. The Hall–Kier alpha value is -3.41. The van der Waals surface area contributed by atoms with Gasteiger partial charge < -0.3 is 10.2 Å². The molecule has 0 aromatic heterocycles. The lowest BCUT2D eigenvalue weighted by Gasteiger charge is -2.20. The highest BCUT2D eigenvalue weighted by atomic mass is 16.7. The molecule has 0 aliphatic carbocycles. The first kappa shape index (κ1) is 17.0. The summed E-state index contributed by atoms with van der Waals surface area (Å²) < 4.78 is 0. The van der Waals surface area contributed by atoms with E-state index < -0.39 is 17.9 Å². The number of nitrogens with one attached hydrogen (secondary N) is 1.